The standard InChI is InChI=1S/C37H42BrN3O6S/c1-25(2)39-37(43)33(21-28-10-8-7-9-11-28)40(23-29-12-14-30(38)15-13-29)36(42)24-41(31-19-26(3)18-27(4)20-31)48(44,45)32-16-17-34(46-5)35(22-32)47-6/h7-20,22,25,33H,21,23-24H2,1-6H3,(H,39,43). The van der Waals surface area contributed by atoms with Crippen molar-refractivity contribution in [3.8, 4) is 11.5 Å². The molecule has 0 spiro atoms. The zero-order valence-corrected chi connectivity index (χ0v) is 30.5. The first-order valence-electron chi connectivity index (χ1n) is 15.5. The Hall–Kier alpha value is -4.35. The largest absolute Gasteiger partial charge is 0.493 e. The third-order valence-corrected chi connectivity index (χ3v) is 9.98. The first-order chi connectivity index (χ1) is 22.8. The van der Waals surface area contributed by atoms with Crippen LogP contribution in [0.4, 0.5) is 5.69 Å². The zero-order valence-electron chi connectivity index (χ0n) is 28.1. The SMILES string of the molecule is COc1ccc(S(=O)(=O)N(CC(=O)N(Cc2ccc(Br)cc2)C(Cc2ccccc2)C(=O)NC(C)C)c2cc(C)cc(C)c2)cc1OC. The number of hydrogen-bond donors (Lipinski definition) is 1. The molecule has 0 bridgehead atoms. The number of benzene rings is 4. The molecule has 11 heteroatoms. The van der Waals surface area contributed by atoms with E-state index in [4.69, 9.17) is 9.47 Å². The van der Waals surface area contributed by atoms with Crippen LogP contribution in [0, 0.1) is 13.8 Å². The summed E-state index contributed by atoms with van der Waals surface area (Å²) in [7, 11) is -1.44. The zero-order chi connectivity index (χ0) is 35.0. The summed E-state index contributed by atoms with van der Waals surface area (Å²) < 4.78 is 41.7. The van der Waals surface area contributed by atoms with Gasteiger partial charge >= 0.3 is 0 Å². The van der Waals surface area contributed by atoms with Crippen molar-refractivity contribution < 1.29 is 27.5 Å². The summed E-state index contributed by atoms with van der Waals surface area (Å²) in [4.78, 5) is 30.0. The van der Waals surface area contributed by atoms with Crippen LogP contribution in [0.1, 0.15) is 36.1 Å². The molecular formula is C37H42BrN3O6S. The van der Waals surface area contributed by atoms with Crippen LogP contribution in [-0.4, -0.2) is 58.0 Å². The molecule has 1 atom stereocenters. The van der Waals surface area contributed by atoms with Crippen LogP contribution in [0.2, 0.25) is 0 Å². The fourth-order valence-electron chi connectivity index (χ4n) is 5.45. The predicted octanol–water partition coefficient (Wildman–Crippen LogP) is 6.44. The van der Waals surface area contributed by atoms with Crippen molar-refractivity contribution >= 4 is 43.5 Å². The van der Waals surface area contributed by atoms with Gasteiger partial charge in [0.25, 0.3) is 10.0 Å². The van der Waals surface area contributed by atoms with Gasteiger partial charge in [0.15, 0.2) is 11.5 Å². The fourth-order valence-corrected chi connectivity index (χ4v) is 7.13. The monoisotopic (exact) mass is 735 g/mol. The molecule has 48 heavy (non-hydrogen) atoms. The van der Waals surface area contributed by atoms with Crippen molar-refractivity contribution in [1.29, 1.82) is 0 Å². The number of nitrogens with zero attached hydrogens (tertiary/aromatic N) is 2. The molecule has 0 aromatic heterocycles. The molecule has 0 aliphatic heterocycles. The molecule has 0 saturated carbocycles. The number of sulfonamides is 1. The van der Waals surface area contributed by atoms with Gasteiger partial charge in [-0.3, -0.25) is 13.9 Å². The van der Waals surface area contributed by atoms with Crippen LogP contribution < -0.4 is 19.1 Å². The molecule has 1 unspecified atom stereocenters. The van der Waals surface area contributed by atoms with E-state index in [1.165, 1.54) is 37.3 Å². The van der Waals surface area contributed by atoms with E-state index < -0.39 is 28.5 Å². The van der Waals surface area contributed by atoms with Crippen LogP contribution in [0.15, 0.2) is 100 Å². The molecular weight excluding hydrogens is 694 g/mol. The van der Waals surface area contributed by atoms with Gasteiger partial charge < -0.3 is 19.7 Å². The highest BCUT2D eigenvalue weighted by molar-refractivity contribution is 9.10. The van der Waals surface area contributed by atoms with E-state index in [0.29, 0.717) is 11.4 Å². The smallest absolute Gasteiger partial charge is 0.264 e. The number of carbonyl (C=O) groups is 2. The van der Waals surface area contributed by atoms with Crippen molar-refractivity contribution in [3.05, 3.63) is 118 Å². The molecule has 0 aliphatic carbocycles. The number of nitrogens with one attached hydrogen (secondary N) is 1. The highest BCUT2D eigenvalue weighted by Gasteiger charge is 2.35. The van der Waals surface area contributed by atoms with Crippen molar-refractivity contribution in [2.75, 3.05) is 25.1 Å². The van der Waals surface area contributed by atoms with E-state index in [9.17, 15) is 18.0 Å². The van der Waals surface area contributed by atoms with E-state index in [0.717, 1.165) is 31.0 Å². The van der Waals surface area contributed by atoms with E-state index in [-0.39, 0.29) is 35.6 Å². The second-order valence-electron chi connectivity index (χ2n) is 11.9. The van der Waals surface area contributed by atoms with Crippen molar-refractivity contribution in [2.24, 2.45) is 0 Å². The number of rotatable bonds is 14. The molecule has 4 rings (SSSR count). The summed E-state index contributed by atoms with van der Waals surface area (Å²) in [5.41, 5.74) is 3.62. The minimum absolute atomic E-state index is 0.0756. The molecule has 4 aromatic rings. The fraction of sp³-hybridized carbons (Fsp3) is 0.297. The molecule has 254 valence electrons. The number of amides is 2. The predicted molar refractivity (Wildman–Crippen MR) is 192 cm³/mol. The Balaban J connectivity index is 1.85. The number of halogens is 1. The quantitative estimate of drug-likeness (QED) is 0.160. The topological polar surface area (TPSA) is 105 Å². The molecule has 0 fully saturated rings. The molecule has 0 aliphatic rings. The van der Waals surface area contributed by atoms with Gasteiger partial charge in [0, 0.05) is 29.5 Å². The Morgan fingerprint density at radius 2 is 1.44 bits per heavy atom. The normalized spacial score (nSPS) is 11.9. The Morgan fingerprint density at radius 1 is 0.812 bits per heavy atom. The molecule has 2 amide bonds. The summed E-state index contributed by atoms with van der Waals surface area (Å²) in [6.45, 7) is 6.96. The van der Waals surface area contributed by atoms with Gasteiger partial charge in [0.2, 0.25) is 11.8 Å². The van der Waals surface area contributed by atoms with E-state index in [2.05, 4.69) is 21.2 Å². The highest BCUT2D eigenvalue weighted by Crippen LogP contribution is 2.33. The van der Waals surface area contributed by atoms with E-state index >= 15 is 0 Å². The van der Waals surface area contributed by atoms with Crippen molar-refractivity contribution in [3.63, 3.8) is 0 Å². The second kappa shape index (κ2) is 16.2. The number of hydrogen-bond acceptors (Lipinski definition) is 6. The molecule has 0 heterocycles. The first-order valence-corrected chi connectivity index (χ1v) is 17.8. The van der Waals surface area contributed by atoms with Gasteiger partial charge in [-0.15, -0.1) is 0 Å². The van der Waals surface area contributed by atoms with Crippen LogP contribution in [0.5, 0.6) is 11.5 Å². The lowest BCUT2D eigenvalue weighted by Crippen LogP contribution is -2.54. The minimum atomic E-state index is -4.33. The number of anilines is 1. The molecule has 0 radical (unpaired) electrons. The number of methoxy groups -OCH3 is 2. The Kier molecular flexibility index (Phi) is 12.3. The highest BCUT2D eigenvalue weighted by atomic mass is 79.9. The van der Waals surface area contributed by atoms with Crippen LogP contribution in [0.25, 0.3) is 0 Å². The average molecular weight is 737 g/mol. The Morgan fingerprint density at radius 3 is 2.02 bits per heavy atom. The summed E-state index contributed by atoms with van der Waals surface area (Å²) in [5.74, 6) is -0.275. The molecule has 1 N–H and O–H groups in total. The van der Waals surface area contributed by atoms with Crippen molar-refractivity contribution in [2.45, 2.75) is 57.6 Å². The Labute approximate surface area is 292 Å². The number of carbonyl (C=O) groups excluding carboxylic acids is 2. The average Bonchev–Trinajstić information content (AvgIpc) is 3.05. The number of aryl methyl sites for hydroxylation is 2. The lowest BCUT2D eigenvalue weighted by molar-refractivity contribution is -0.140. The van der Waals surface area contributed by atoms with Gasteiger partial charge in [-0.25, -0.2) is 8.42 Å². The van der Waals surface area contributed by atoms with E-state index in [1.807, 2.05) is 88.4 Å². The lowest BCUT2D eigenvalue weighted by atomic mass is 10.0. The van der Waals surface area contributed by atoms with Gasteiger partial charge in [0.05, 0.1) is 24.8 Å². The van der Waals surface area contributed by atoms with Crippen molar-refractivity contribution in [1.82, 2.24) is 10.2 Å². The van der Waals surface area contributed by atoms with Crippen LogP contribution >= 0.6 is 15.9 Å². The maximum absolute atomic E-state index is 14.7. The lowest BCUT2D eigenvalue weighted by Gasteiger charge is -2.34. The van der Waals surface area contributed by atoms with Crippen LogP contribution in [0.3, 0.4) is 0 Å². The maximum atomic E-state index is 14.7. The third-order valence-electron chi connectivity index (χ3n) is 7.68. The number of ether oxygens (including phenoxy) is 2. The van der Waals surface area contributed by atoms with Gasteiger partial charge in [0.1, 0.15) is 12.6 Å². The Bertz CT molecular complexity index is 1810. The maximum Gasteiger partial charge on any atom is 0.264 e. The molecule has 4 aromatic carbocycles. The summed E-state index contributed by atoms with van der Waals surface area (Å²) in [6, 6.07) is 25.5. The summed E-state index contributed by atoms with van der Waals surface area (Å²) >= 11 is 3.46. The third kappa shape index (κ3) is 9.17. The summed E-state index contributed by atoms with van der Waals surface area (Å²) in [5, 5.41) is 2.97. The summed E-state index contributed by atoms with van der Waals surface area (Å²) in [6.07, 6.45) is 0.230. The van der Waals surface area contributed by atoms with E-state index in [1.54, 1.807) is 12.1 Å². The first kappa shape index (κ1) is 36.5. The van der Waals surface area contributed by atoms with Crippen LogP contribution in [-0.2, 0) is 32.6 Å². The second-order valence-corrected chi connectivity index (χ2v) is 14.7. The van der Waals surface area contributed by atoms with Gasteiger partial charge in [-0.1, -0.05) is 64.5 Å². The van der Waals surface area contributed by atoms with Gasteiger partial charge in [-0.05, 0) is 86.3 Å². The minimum Gasteiger partial charge on any atom is -0.493 e. The molecule has 0 saturated heterocycles. The molecule has 9 nitrogen and oxygen atoms in total. The van der Waals surface area contributed by atoms with Gasteiger partial charge in [-0.2, -0.15) is 0 Å².